The molecule has 110 valence electrons. The van der Waals surface area contributed by atoms with Gasteiger partial charge in [0.15, 0.2) is 6.61 Å². The Morgan fingerprint density at radius 3 is 2.59 bits per heavy atom. The lowest BCUT2D eigenvalue weighted by Gasteiger charge is -2.04. The second-order valence-corrected chi connectivity index (χ2v) is 4.43. The van der Waals surface area contributed by atoms with Crippen molar-refractivity contribution in [2.45, 2.75) is 0 Å². The van der Waals surface area contributed by atoms with Crippen molar-refractivity contribution in [1.82, 2.24) is 0 Å². The molecule has 0 heterocycles. The van der Waals surface area contributed by atoms with E-state index in [9.17, 15) is 14.4 Å². The molecule has 0 saturated heterocycles. The smallest absolute Gasteiger partial charge is 0.341 e. The zero-order valence-electron chi connectivity index (χ0n) is 11.5. The zero-order valence-corrected chi connectivity index (χ0v) is 11.5. The number of nitriles is 1. The highest BCUT2D eigenvalue weighted by Gasteiger charge is 2.03. The molecule has 0 aliphatic carbocycles. The topological polar surface area (TPSA) is 70.3 Å². The average Bonchev–Trinajstić information content (AvgIpc) is 2.51. The van der Waals surface area contributed by atoms with Crippen molar-refractivity contribution in [3.05, 3.63) is 65.5 Å². The zero-order chi connectivity index (χ0) is 15.9. The summed E-state index contributed by atoms with van der Waals surface area (Å²) >= 11 is 0. The van der Waals surface area contributed by atoms with E-state index in [2.05, 4.69) is 0 Å². The van der Waals surface area contributed by atoms with E-state index in [1.54, 1.807) is 42.5 Å². The van der Waals surface area contributed by atoms with Crippen molar-refractivity contribution in [3.8, 4) is 11.8 Å². The van der Waals surface area contributed by atoms with Crippen LogP contribution < -0.4 is 4.74 Å². The summed E-state index contributed by atoms with van der Waals surface area (Å²) in [6, 6.07) is 14.4. The van der Waals surface area contributed by atoms with Crippen LogP contribution in [0.25, 0.3) is 11.6 Å². The van der Waals surface area contributed by atoms with Crippen molar-refractivity contribution in [3.63, 3.8) is 0 Å². The number of nitrogens with zero attached hydrogens (tertiary/aromatic N) is 1. The largest absolute Gasteiger partial charge is 0.482 e. The van der Waals surface area contributed by atoms with E-state index >= 15 is 0 Å². The molecular weight excluding hydrogens is 285 g/mol. The number of hydrogen-bond acceptors (Lipinski definition) is 3. The number of halogens is 1. The molecule has 0 atom stereocenters. The molecule has 4 nitrogen and oxygen atoms in total. The highest BCUT2D eigenvalue weighted by Crippen LogP contribution is 2.20. The number of aliphatic carboxylic acids is 1. The lowest BCUT2D eigenvalue weighted by Crippen LogP contribution is -2.09. The van der Waals surface area contributed by atoms with Gasteiger partial charge in [-0.2, -0.15) is 5.26 Å². The standard InChI is InChI=1S/C17H12FNO3/c18-15-3-1-2-13(9-15)14(10-19)8-12-4-6-16(7-5-12)22-11-17(20)21/h1-9H,11H2,(H,20,21). The van der Waals surface area contributed by atoms with Crippen LogP contribution in [0.3, 0.4) is 0 Å². The normalized spacial score (nSPS) is 10.8. The maximum Gasteiger partial charge on any atom is 0.341 e. The van der Waals surface area contributed by atoms with Crippen LogP contribution in [0, 0.1) is 17.1 Å². The summed E-state index contributed by atoms with van der Waals surface area (Å²) in [7, 11) is 0. The summed E-state index contributed by atoms with van der Waals surface area (Å²) in [5.74, 6) is -1.04. The van der Waals surface area contributed by atoms with Gasteiger partial charge in [-0.05, 0) is 41.5 Å². The Labute approximate surface area is 126 Å². The van der Waals surface area contributed by atoms with E-state index in [-0.39, 0.29) is 0 Å². The van der Waals surface area contributed by atoms with Gasteiger partial charge in [-0.15, -0.1) is 0 Å². The number of rotatable bonds is 5. The third-order valence-corrected chi connectivity index (χ3v) is 2.81. The molecule has 0 radical (unpaired) electrons. The molecule has 0 saturated carbocycles. The molecule has 2 aromatic rings. The van der Waals surface area contributed by atoms with Gasteiger partial charge in [0.05, 0.1) is 11.6 Å². The number of allylic oxidation sites excluding steroid dienone is 1. The summed E-state index contributed by atoms with van der Waals surface area (Å²) in [5.41, 5.74) is 1.55. The SMILES string of the molecule is N#CC(=Cc1ccc(OCC(=O)O)cc1)c1cccc(F)c1. The molecule has 1 N–H and O–H groups in total. The first-order chi connectivity index (χ1) is 10.6. The lowest BCUT2D eigenvalue weighted by molar-refractivity contribution is -0.139. The molecule has 0 aromatic heterocycles. The Morgan fingerprint density at radius 1 is 1.27 bits per heavy atom. The maximum absolute atomic E-state index is 13.2. The van der Waals surface area contributed by atoms with Crippen LogP contribution in [-0.4, -0.2) is 17.7 Å². The lowest BCUT2D eigenvalue weighted by atomic mass is 10.0. The number of hydrogen-bond donors (Lipinski definition) is 1. The second-order valence-electron chi connectivity index (χ2n) is 4.43. The van der Waals surface area contributed by atoms with E-state index in [0.717, 1.165) is 5.56 Å². The van der Waals surface area contributed by atoms with Crippen LogP contribution >= 0.6 is 0 Å². The monoisotopic (exact) mass is 297 g/mol. The van der Waals surface area contributed by atoms with Crippen molar-refractivity contribution in [1.29, 1.82) is 5.26 Å². The molecule has 0 fully saturated rings. The molecule has 2 aromatic carbocycles. The summed E-state index contributed by atoms with van der Waals surface area (Å²) < 4.78 is 18.2. The minimum atomic E-state index is -1.05. The second kappa shape index (κ2) is 7.04. The Morgan fingerprint density at radius 2 is 2.00 bits per heavy atom. The van der Waals surface area contributed by atoms with Crippen molar-refractivity contribution in [2.24, 2.45) is 0 Å². The maximum atomic E-state index is 13.2. The first-order valence-electron chi connectivity index (χ1n) is 6.41. The fourth-order valence-corrected chi connectivity index (χ4v) is 1.81. The minimum absolute atomic E-state index is 0.332. The van der Waals surface area contributed by atoms with Gasteiger partial charge in [0, 0.05) is 0 Å². The highest BCUT2D eigenvalue weighted by molar-refractivity contribution is 5.89. The fraction of sp³-hybridized carbons (Fsp3) is 0.0588. The number of carbonyl (C=O) groups is 1. The quantitative estimate of drug-likeness (QED) is 0.678. The average molecular weight is 297 g/mol. The van der Waals surface area contributed by atoms with E-state index in [0.29, 0.717) is 16.9 Å². The van der Waals surface area contributed by atoms with Crippen LogP contribution in [-0.2, 0) is 4.79 Å². The third kappa shape index (κ3) is 4.18. The molecule has 0 spiro atoms. The number of carboxylic acids is 1. The summed E-state index contributed by atoms with van der Waals surface area (Å²) in [6.07, 6.45) is 1.62. The molecule has 0 aliphatic heterocycles. The van der Waals surface area contributed by atoms with Crippen LogP contribution in [0.5, 0.6) is 5.75 Å². The predicted octanol–water partition coefficient (Wildman–Crippen LogP) is 3.35. The van der Waals surface area contributed by atoms with Gasteiger partial charge in [0.25, 0.3) is 0 Å². The van der Waals surface area contributed by atoms with E-state index in [1.165, 1.54) is 12.1 Å². The molecule has 2 rings (SSSR count). The molecule has 0 aliphatic rings. The summed E-state index contributed by atoms with van der Waals surface area (Å²) in [4.78, 5) is 10.4. The number of carboxylic acid groups (broad SMARTS) is 1. The molecule has 0 bridgehead atoms. The highest BCUT2D eigenvalue weighted by atomic mass is 19.1. The van der Waals surface area contributed by atoms with E-state index in [4.69, 9.17) is 9.84 Å². The van der Waals surface area contributed by atoms with Gasteiger partial charge in [-0.1, -0.05) is 24.3 Å². The van der Waals surface area contributed by atoms with E-state index in [1.807, 2.05) is 6.07 Å². The summed E-state index contributed by atoms with van der Waals surface area (Å²) in [6.45, 7) is -0.415. The van der Waals surface area contributed by atoms with Crippen LogP contribution in [0.2, 0.25) is 0 Å². The van der Waals surface area contributed by atoms with Crippen LogP contribution in [0.15, 0.2) is 48.5 Å². The molecule has 5 heteroatoms. The molecule has 0 amide bonds. The Bertz CT molecular complexity index is 745. The first kappa shape index (κ1) is 15.3. The van der Waals surface area contributed by atoms with Gasteiger partial charge in [-0.3, -0.25) is 0 Å². The first-order valence-corrected chi connectivity index (χ1v) is 6.41. The Balaban J connectivity index is 2.20. The molecular formula is C17H12FNO3. The number of ether oxygens (including phenoxy) is 1. The van der Waals surface area contributed by atoms with Crippen LogP contribution in [0.4, 0.5) is 4.39 Å². The van der Waals surface area contributed by atoms with Crippen molar-refractivity contribution < 1.29 is 19.0 Å². The van der Waals surface area contributed by atoms with Gasteiger partial charge in [0.2, 0.25) is 0 Å². The van der Waals surface area contributed by atoms with Gasteiger partial charge in [0.1, 0.15) is 11.6 Å². The predicted molar refractivity (Wildman–Crippen MR) is 79.5 cm³/mol. The van der Waals surface area contributed by atoms with Crippen molar-refractivity contribution >= 4 is 17.6 Å². The van der Waals surface area contributed by atoms with Gasteiger partial charge < -0.3 is 9.84 Å². The Kier molecular flexibility index (Phi) is 4.89. The van der Waals surface area contributed by atoms with Gasteiger partial charge in [-0.25, -0.2) is 9.18 Å². The molecule has 22 heavy (non-hydrogen) atoms. The van der Waals surface area contributed by atoms with Crippen molar-refractivity contribution in [2.75, 3.05) is 6.61 Å². The fourth-order valence-electron chi connectivity index (χ4n) is 1.81. The van der Waals surface area contributed by atoms with E-state index < -0.39 is 18.4 Å². The number of benzene rings is 2. The Hall–Kier alpha value is -3.13. The minimum Gasteiger partial charge on any atom is -0.482 e. The van der Waals surface area contributed by atoms with Gasteiger partial charge >= 0.3 is 5.97 Å². The third-order valence-electron chi connectivity index (χ3n) is 2.81. The molecule has 0 unspecified atom stereocenters. The summed E-state index contributed by atoms with van der Waals surface area (Å²) in [5, 5.41) is 17.7. The van der Waals surface area contributed by atoms with Crippen LogP contribution in [0.1, 0.15) is 11.1 Å².